The number of rotatable bonds is 21. The van der Waals surface area contributed by atoms with Gasteiger partial charge in [-0.2, -0.15) is 0 Å². The first kappa shape index (κ1) is 49.8. The molecule has 0 aromatic carbocycles. The summed E-state index contributed by atoms with van der Waals surface area (Å²) in [6, 6.07) is -5.69. The number of carbonyl (C=O) groups excluding carboxylic acids is 9. The summed E-state index contributed by atoms with van der Waals surface area (Å²) < 4.78 is 0. The molecule has 6 unspecified atom stereocenters. The second kappa shape index (κ2) is 23.3. The summed E-state index contributed by atoms with van der Waals surface area (Å²) in [5.74, 6) is -8.09. The number of likely N-dealkylation sites (tertiary alicyclic amines) is 2. The van der Waals surface area contributed by atoms with Crippen LogP contribution in [0.4, 0.5) is 0 Å². The Labute approximate surface area is 344 Å². The highest BCUT2D eigenvalue weighted by Gasteiger charge is 2.40. The predicted molar refractivity (Wildman–Crippen MR) is 212 cm³/mol. The van der Waals surface area contributed by atoms with Gasteiger partial charge in [0.15, 0.2) is 0 Å². The van der Waals surface area contributed by atoms with Crippen LogP contribution < -0.4 is 43.0 Å². The van der Waals surface area contributed by atoms with Crippen LogP contribution in [-0.2, 0) is 47.9 Å². The summed E-state index contributed by atoms with van der Waals surface area (Å²) in [5, 5.41) is 26.2. The average molecular weight is 837 g/mol. The van der Waals surface area contributed by atoms with E-state index < -0.39 is 133 Å². The summed E-state index contributed by atoms with van der Waals surface area (Å²) in [7, 11) is 0. The van der Waals surface area contributed by atoms with E-state index in [1.54, 1.807) is 41.5 Å². The molecule has 2 aliphatic heterocycles. The van der Waals surface area contributed by atoms with Crippen LogP contribution >= 0.6 is 0 Å². The SMILES string of the molecule is CC(C)C(N)C(=O)N1CCCC1C(=O)NCC(=O)NC(C(=O)NCC(=O)NC(C(=O)N1CCCC1C(=O)NCC(=O)NC(C(=O)NCC(=O)O)C(C)C)C(C)C)C(C)C. The van der Waals surface area contributed by atoms with Crippen LogP contribution in [0.15, 0.2) is 0 Å². The first-order valence-corrected chi connectivity index (χ1v) is 20.1. The quantitative estimate of drug-likeness (QED) is 0.0557. The van der Waals surface area contributed by atoms with Gasteiger partial charge < -0.3 is 57.9 Å². The van der Waals surface area contributed by atoms with Crippen molar-refractivity contribution in [2.75, 3.05) is 39.3 Å². The average Bonchev–Trinajstić information content (AvgIpc) is 3.87. The Morgan fingerprint density at radius 1 is 0.525 bits per heavy atom. The van der Waals surface area contributed by atoms with E-state index in [4.69, 9.17) is 10.8 Å². The van der Waals surface area contributed by atoms with E-state index in [1.165, 1.54) is 9.80 Å². The number of hydrogen-bond donors (Lipinski definition) is 9. The van der Waals surface area contributed by atoms with Gasteiger partial charge in [-0.15, -0.1) is 0 Å². The molecule has 9 amide bonds. The number of nitrogens with two attached hydrogens (primary N) is 1. The third kappa shape index (κ3) is 15.1. The molecule has 0 aromatic rings. The fourth-order valence-corrected chi connectivity index (χ4v) is 6.64. The number of amides is 9. The van der Waals surface area contributed by atoms with Crippen LogP contribution in [0.25, 0.3) is 0 Å². The van der Waals surface area contributed by atoms with Crippen molar-refractivity contribution in [2.45, 2.75) is 117 Å². The maximum Gasteiger partial charge on any atom is 0.322 e. The largest absolute Gasteiger partial charge is 0.480 e. The minimum Gasteiger partial charge on any atom is -0.480 e. The number of hydrogen-bond acceptors (Lipinski definition) is 11. The zero-order valence-electron chi connectivity index (χ0n) is 35.3. The van der Waals surface area contributed by atoms with Crippen molar-refractivity contribution in [1.82, 2.24) is 47.0 Å². The molecule has 0 aromatic heterocycles. The summed E-state index contributed by atoms with van der Waals surface area (Å²) in [6.07, 6.45) is 1.79. The van der Waals surface area contributed by atoms with Crippen molar-refractivity contribution in [1.29, 1.82) is 0 Å². The van der Waals surface area contributed by atoms with Crippen LogP contribution in [-0.4, -0.2) is 150 Å². The normalized spacial score (nSPS) is 18.5. The lowest BCUT2D eigenvalue weighted by atomic mass is 10.0. The Hall–Kier alpha value is -5.34. The zero-order valence-corrected chi connectivity index (χ0v) is 35.3. The van der Waals surface area contributed by atoms with Gasteiger partial charge in [0, 0.05) is 13.1 Å². The molecule has 0 saturated carbocycles. The molecule has 21 nitrogen and oxygen atoms in total. The minimum atomic E-state index is -1.25. The molecule has 2 saturated heterocycles. The second-order valence-corrected chi connectivity index (χ2v) is 16.3. The molecule has 2 rings (SSSR count). The predicted octanol–water partition coefficient (Wildman–Crippen LogP) is -3.08. The van der Waals surface area contributed by atoms with E-state index in [0.29, 0.717) is 25.8 Å². The van der Waals surface area contributed by atoms with Gasteiger partial charge in [-0.3, -0.25) is 47.9 Å². The molecule has 0 aliphatic carbocycles. The Balaban J connectivity index is 1.93. The van der Waals surface area contributed by atoms with Gasteiger partial charge in [0.1, 0.15) is 36.8 Å². The van der Waals surface area contributed by atoms with Crippen LogP contribution in [0.2, 0.25) is 0 Å². The molecule has 21 heteroatoms. The van der Waals surface area contributed by atoms with Gasteiger partial charge in [0.25, 0.3) is 0 Å². The Bertz CT molecular complexity index is 1570. The zero-order chi connectivity index (χ0) is 44.7. The van der Waals surface area contributed by atoms with Crippen LogP contribution in [0, 0.1) is 23.7 Å². The molecule has 2 aliphatic rings. The van der Waals surface area contributed by atoms with Gasteiger partial charge in [-0.1, -0.05) is 55.4 Å². The first-order valence-electron chi connectivity index (χ1n) is 20.1. The lowest BCUT2D eigenvalue weighted by Gasteiger charge is -2.30. The third-order valence-electron chi connectivity index (χ3n) is 10.1. The molecular weight excluding hydrogens is 772 g/mol. The minimum absolute atomic E-state index is 0.121. The van der Waals surface area contributed by atoms with Crippen LogP contribution in [0.5, 0.6) is 0 Å². The number of carbonyl (C=O) groups is 10. The summed E-state index contributed by atoms with van der Waals surface area (Å²) in [4.78, 5) is 130. The molecule has 0 spiro atoms. The molecule has 59 heavy (non-hydrogen) atoms. The number of aliphatic carboxylic acids is 1. The number of carboxylic acids is 1. The number of carboxylic acid groups (broad SMARTS) is 1. The Morgan fingerprint density at radius 2 is 0.881 bits per heavy atom. The molecule has 332 valence electrons. The van der Waals surface area contributed by atoms with Crippen molar-refractivity contribution in [3.05, 3.63) is 0 Å². The smallest absolute Gasteiger partial charge is 0.322 e. The molecule has 2 heterocycles. The molecule has 0 radical (unpaired) electrons. The molecule has 6 atom stereocenters. The Morgan fingerprint density at radius 3 is 1.25 bits per heavy atom. The molecule has 0 bridgehead atoms. The maximum atomic E-state index is 13.7. The third-order valence-corrected chi connectivity index (χ3v) is 10.1. The lowest BCUT2D eigenvalue weighted by Crippen LogP contribution is -2.58. The van der Waals surface area contributed by atoms with Crippen LogP contribution in [0.3, 0.4) is 0 Å². The first-order chi connectivity index (χ1) is 27.6. The van der Waals surface area contributed by atoms with Gasteiger partial charge in [0.2, 0.25) is 53.2 Å². The van der Waals surface area contributed by atoms with Crippen LogP contribution in [0.1, 0.15) is 81.1 Å². The van der Waals surface area contributed by atoms with Gasteiger partial charge >= 0.3 is 5.97 Å². The highest BCUT2D eigenvalue weighted by Crippen LogP contribution is 2.21. The van der Waals surface area contributed by atoms with Gasteiger partial charge in [-0.25, -0.2) is 0 Å². The topological polar surface area (TPSA) is 308 Å². The van der Waals surface area contributed by atoms with E-state index >= 15 is 0 Å². The maximum absolute atomic E-state index is 13.7. The van der Waals surface area contributed by atoms with E-state index in [-0.39, 0.29) is 24.8 Å². The summed E-state index contributed by atoms with van der Waals surface area (Å²) >= 11 is 0. The standard InChI is InChI=1S/C38H64N10O11/c1-19(2)29(39)37(58)47-13-9-11-23(47)33(54)40-15-25(49)44-30(20(3)4)35(56)42-17-27(51)46-32(22(7)8)38(59)48-14-10-12-24(48)34(55)41-16-26(50)45-31(21(5)6)36(57)43-18-28(52)53/h19-24,29-32H,9-18,39H2,1-8H3,(H,40,54)(H,41,55)(H,42,56)(H,43,57)(H,44,49)(H,45,50)(H,46,51)(H,52,53). The van der Waals surface area contributed by atoms with Crippen molar-refractivity contribution in [2.24, 2.45) is 29.4 Å². The summed E-state index contributed by atoms with van der Waals surface area (Å²) in [5.41, 5.74) is 6.01. The van der Waals surface area contributed by atoms with Crippen molar-refractivity contribution in [3.8, 4) is 0 Å². The van der Waals surface area contributed by atoms with Crippen molar-refractivity contribution in [3.63, 3.8) is 0 Å². The highest BCUT2D eigenvalue weighted by molar-refractivity contribution is 5.97. The molecule has 10 N–H and O–H groups in total. The fraction of sp³-hybridized carbons (Fsp3) is 0.737. The fourth-order valence-electron chi connectivity index (χ4n) is 6.64. The van der Waals surface area contributed by atoms with Crippen molar-refractivity contribution >= 4 is 59.1 Å². The van der Waals surface area contributed by atoms with Gasteiger partial charge in [-0.05, 0) is 49.4 Å². The van der Waals surface area contributed by atoms with E-state index in [1.807, 2.05) is 13.8 Å². The van der Waals surface area contributed by atoms with E-state index in [2.05, 4.69) is 37.2 Å². The Kier molecular flexibility index (Phi) is 19.7. The van der Waals surface area contributed by atoms with Crippen molar-refractivity contribution < 1.29 is 53.1 Å². The van der Waals surface area contributed by atoms with E-state index in [0.717, 1.165) is 0 Å². The lowest BCUT2D eigenvalue weighted by molar-refractivity contribution is -0.142. The second-order valence-electron chi connectivity index (χ2n) is 16.3. The van der Waals surface area contributed by atoms with E-state index in [9.17, 15) is 47.9 Å². The number of nitrogens with zero attached hydrogens (tertiary/aromatic N) is 2. The monoisotopic (exact) mass is 836 g/mol. The number of nitrogens with one attached hydrogen (secondary N) is 7. The van der Waals surface area contributed by atoms with Gasteiger partial charge in [0.05, 0.1) is 25.7 Å². The molecule has 2 fully saturated rings. The summed E-state index contributed by atoms with van der Waals surface area (Å²) in [6.45, 7) is 12.1. The highest BCUT2D eigenvalue weighted by atomic mass is 16.4. The molecular formula is C38H64N10O11.